The molecule has 1 aromatic carbocycles. The molecule has 0 bridgehead atoms. The van der Waals surface area contributed by atoms with Gasteiger partial charge in [0.15, 0.2) is 0 Å². The molecular weight excluding hydrogens is 284 g/mol. The van der Waals surface area contributed by atoms with Gasteiger partial charge in [0.1, 0.15) is 0 Å². The number of amides is 1. The van der Waals surface area contributed by atoms with Crippen molar-refractivity contribution in [2.45, 2.75) is 39.7 Å². The monoisotopic (exact) mass is 310 g/mol. The Labute approximate surface area is 139 Å². The van der Waals surface area contributed by atoms with Crippen molar-refractivity contribution < 1.29 is 4.79 Å². The molecule has 0 spiro atoms. The summed E-state index contributed by atoms with van der Waals surface area (Å²) >= 11 is 0. The summed E-state index contributed by atoms with van der Waals surface area (Å²) in [5.41, 5.74) is 2.20. The second kappa shape index (κ2) is 9.09. The van der Waals surface area contributed by atoms with Crippen molar-refractivity contribution in [1.82, 2.24) is 9.88 Å². The van der Waals surface area contributed by atoms with E-state index in [1.807, 2.05) is 41.3 Å². The van der Waals surface area contributed by atoms with Gasteiger partial charge < -0.3 is 4.90 Å². The third kappa shape index (κ3) is 5.20. The van der Waals surface area contributed by atoms with Crippen LogP contribution in [0.25, 0.3) is 0 Å². The van der Waals surface area contributed by atoms with Gasteiger partial charge >= 0.3 is 0 Å². The van der Waals surface area contributed by atoms with Crippen molar-refractivity contribution in [2.75, 3.05) is 6.54 Å². The number of benzene rings is 1. The van der Waals surface area contributed by atoms with Gasteiger partial charge in [0.2, 0.25) is 5.91 Å². The Hall–Kier alpha value is -2.16. The first-order chi connectivity index (χ1) is 11.2. The van der Waals surface area contributed by atoms with E-state index in [-0.39, 0.29) is 11.8 Å². The SMILES string of the molecule is CCC(CC)C(=O)N(CCc1ccccn1)Cc1ccccc1. The second-order valence-corrected chi connectivity index (χ2v) is 5.83. The maximum absolute atomic E-state index is 12.8. The maximum Gasteiger partial charge on any atom is 0.225 e. The molecule has 0 radical (unpaired) electrons. The number of carbonyl (C=O) groups is 1. The Balaban J connectivity index is 2.08. The van der Waals surface area contributed by atoms with Crippen LogP contribution in [0.3, 0.4) is 0 Å². The molecule has 0 saturated carbocycles. The summed E-state index contributed by atoms with van der Waals surface area (Å²) in [6.45, 7) is 5.56. The zero-order valence-electron chi connectivity index (χ0n) is 14.1. The van der Waals surface area contributed by atoms with Crippen LogP contribution >= 0.6 is 0 Å². The number of hydrogen-bond donors (Lipinski definition) is 0. The zero-order chi connectivity index (χ0) is 16.5. The lowest BCUT2D eigenvalue weighted by Gasteiger charge is -2.26. The van der Waals surface area contributed by atoms with Crippen LogP contribution in [0.2, 0.25) is 0 Å². The van der Waals surface area contributed by atoms with E-state index in [2.05, 4.69) is 31.0 Å². The molecule has 0 aliphatic carbocycles. The highest BCUT2D eigenvalue weighted by Crippen LogP contribution is 2.15. The van der Waals surface area contributed by atoms with Crippen LogP contribution in [0.5, 0.6) is 0 Å². The highest BCUT2D eigenvalue weighted by atomic mass is 16.2. The predicted octanol–water partition coefficient (Wildman–Crippen LogP) is 4.09. The molecule has 0 aliphatic rings. The minimum atomic E-state index is 0.113. The fraction of sp³-hybridized carbons (Fsp3) is 0.400. The fourth-order valence-corrected chi connectivity index (χ4v) is 2.76. The fourth-order valence-electron chi connectivity index (χ4n) is 2.76. The zero-order valence-corrected chi connectivity index (χ0v) is 14.1. The lowest BCUT2D eigenvalue weighted by atomic mass is 10.0. The standard InChI is InChI=1S/C20H26N2O/c1-3-18(4-2)20(23)22(16-17-10-6-5-7-11-17)15-13-19-12-8-9-14-21-19/h5-12,14,18H,3-4,13,15-16H2,1-2H3. The summed E-state index contributed by atoms with van der Waals surface area (Å²) in [5, 5.41) is 0. The summed E-state index contributed by atoms with van der Waals surface area (Å²) in [5.74, 6) is 0.372. The van der Waals surface area contributed by atoms with Crippen molar-refractivity contribution in [2.24, 2.45) is 5.92 Å². The Kier molecular flexibility index (Phi) is 6.79. The first kappa shape index (κ1) is 17.2. The Bertz CT molecular complexity index is 579. The smallest absolute Gasteiger partial charge is 0.225 e. The molecule has 23 heavy (non-hydrogen) atoms. The van der Waals surface area contributed by atoms with Crippen LogP contribution in [0.4, 0.5) is 0 Å². The highest BCUT2D eigenvalue weighted by molar-refractivity contribution is 5.78. The van der Waals surface area contributed by atoms with E-state index in [0.29, 0.717) is 13.1 Å². The average molecular weight is 310 g/mol. The quantitative estimate of drug-likeness (QED) is 0.736. The number of aromatic nitrogens is 1. The van der Waals surface area contributed by atoms with E-state index in [0.717, 1.165) is 25.0 Å². The van der Waals surface area contributed by atoms with Crippen LogP contribution < -0.4 is 0 Å². The van der Waals surface area contributed by atoms with Crippen LogP contribution in [0, 0.1) is 5.92 Å². The third-order valence-electron chi connectivity index (χ3n) is 4.23. The number of pyridine rings is 1. The molecule has 0 saturated heterocycles. The van der Waals surface area contributed by atoms with Crippen LogP contribution in [-0.4, -0.2) is 22.3 Å². The molecule has 0 fully saturated rings. The van der Waals surface area contributed by atoms with Crippen molar-refractivity contribution >= 4 is 5.91 Å². The summed E-state index contributed by atoms with van der Waals surface area (Å²) < 4.78 is 0. The van der Waals surface area contributed by atoms with Gasteiger partial charge in [0.05, 0.1) is 0 Å². The van der Waals surface area contributed by atoms with Gasteiger partial charge in [-0.1, -0.05) is 50.2 Å². The molecule has 1 aromatic heterocycles. The third-order valence-corrected chi connectivity index (χ3v) is 4.23. The molecule has 1 heterocycles. The average Bonchev–Trinajstić information content (AvgIpc) is 2.61. The van der Waals surface area contributed by atoms with Gasteiger partial charge in [-0.2, -0.15) is 0 Å². The lowest BCUT2D eigenvalue weighted by Crippen LogP contribution is -2.37. The Morgan fingerprint density at radius 3 is 2.35 bits per heavy atom. The van der Waals surface area contributed by atoms with E-state index in [9.17, 15) is 4.79 Å². The van der Waals surface area contributed by atoms with E-state index in [1.54, 1.807) is 6.20 Å². The molecule has 0 unspecified atom stereocenters. The van der Waals surface area contributed by atoms with Crippen LogP contribution in [0.15, 0.2) is 54.7 Å². The van der Waals surface area contributed by atoms with Crippen molar-refractivity contribution in [3.63, 3.8) is 0 Å². The first-order valence-electron chi connectivity index (χ1n) is 8.47. The van der Waals surface area contributed by atoms with Crippen LogP contribution in [0.1, 0.15) is 37.9 Å². The largest absolute Gasteiger partial charge is 0.338 e. The van der Waals surface area contributed by atoms with Crippen molar-refractivity contribution in [3.05, 3.63) is 66.0 Å². The number of hydrogen-bond acceptors (Lipinski definition) is 2. The molecule has 2 rings (SSSR count). The minimum Gasteiger partial charge on any atom is -0.338 e. The van der Waals surface area contributed by atoms with Crippen molar-refractivity contribution in [3.8, 4) is 0 Å². The van der Waals surface area contributed by atoms with Gasteiger partial charge in [0.25, 0.3) is 0 Å². The molecule has 0 atom stereocenters. The van der Waals surface area contributed by atoms with Gasteiger partial charge in [-0.25, -0.2) is 0 Å². The van der Waals surface area contributed by atoms with Gasteiger partial charge in [-0.3, -0.25) is 9.78 Å². The van der Waals surface area contributed by atoms with E-state index in [4.69, 9.17) is 0 Å². The first-order valence-corrected chi connectivity index (χ1v) is 8.47. The summed E-state index contributed by atoms with van der Waals surface area (Å²) in [4.78, 5) is 19.2. The maximum atomic E-state index is 12.8. The summed E-state index contributed by atoms with van der Waals surface area (Å²) in [6.07, 6.45) is 4.38. The van der Waals surface area contributed by atoms with Gasteiger partial charge in [-0.05, 0) is 30.5 Å². The van der Waals surface area contributed by atoms with Crippen molar-refractivity contribution in [1.29, 1.82) is 0 Å². The molecule has 2 aromatic rings. The van der Waals surface area contributed by atoms with Crippen LogP contribution in [-0.2, 0) is 17.8 Å². The van der Waals surface area contributed by atoms with E-state index in [1.165, 1.54) is 5.56 Å². The number of carbonyl (C=O) groups excluding carboxylic acids is 1. The minimum absolute atomic E-state index is 0.113. The summed E-state index contributed by atoms with van der Waals surface area (Å²) in [7, 11) is 0. The topological polar surface area (TPSA) is 33.2 Å². The Morgan fingerprint density at radius 2 is 1.74 bits per heavy atom. The number of rotatable bonds is 8. The van der Waals surface area contributed by atoms with Gasteiger partial charge in [0, 0.05) is 37.3 Å². The molecule has 1 amide bonds. The molecular formula is C20H26N2O. The predicted molar refractivity (Wildman–Crippen MR) is 93.9 cm³/mol. The van der Waals surface area contributed by atoms with E-state index >= 15 is 0 Å². The van der Waals surface area contributed by atoms with Gasteiger partial charge in [-0.15, -0.1) is 0 Å². The molecule has 3 nitrogen and oxygen atoms in total. The second-order valence-electron chi connectivity index (χ2n) is 5.83. The normalized spacial score (nSPS) is 10.7. The lowest BCUT2D eigenvalue weighted by molar-refractivity contribution is -0.136. The summed E-state index contributed by atoms with van der Waals surface area (Å²) in [6, 6.07) is 16.1. The number of nitrogens with zero attached hydrogens (tertiary/aromatic N) is 2. The highest BCUT2D eigenvalue weighted by Gasteiger charge is 2.21. The Morgan fingerprint density at radius 1 is 1.04 bits per heavy atom. The molecule has 0 aliphatic heterocycles. The molecule has 0 N–H and O–H groups in total. The molecule has 3 heteroatoms. The van der Waals surface area contributed by atoms with E-state index < -0.39 is 0 Å². The molecule has 122 valence electrons.